The highest BCUT2D eigenvalue weighted by molar-refractivity contribution is 5.48. The van der Waals surface area contributed by atoms with Gasteiger partial charge < -0.3 is 10.0 Å². The smallest absolute Gasteiger partial charge is 0.0853 e. The van der Waals surface area contributed by atoms with Crippen LogP contribution in [0.2, 0.25) is 0 Å². The Morgan fingerprint density at radius 3 is 2.84 bits per heavy atom. The van der Waals surface area contributed by atoms with Crippen molar-refractivity contribution < 1.29 is 5.11 Å². The standard InChI is InChI=1S/C16H18N2O/c19-12-15-10-16(6-8-17-15)18-9-7-14(11-18)13-4-2-1-3-5-13/h1-6,8,10,14,19H,7,9,11-12H2. The quantitative estimate of drug-likeness (QED) is 0.914. The van der Waals surface area contributed by atoms with Crippen LogP contribution >= 0.6 is 0 Å². The van der Waals surface area contributed by atoms with Crippen molar-refractivity contribution in [1.29, 1.82) is 0 Å². The fourth-order valence-electron chi connectivity index (χ4n) is 2.74. The molecule has 1 aromatic heterocycles. The fourth-order valence-corrected chi connectivity index (χ4v) is 2.74. The molecule has 1 aliphatic heterocycles. The maximum Gasteiger partial charge on any atom is 0.0853 e. The van der Waals surface area contributed by atoms with Crippen molar-refractivity contribution in [1.82, 2.24) is 4.98 Å². The summed E-state index contributed by atoms with van der Waals surface area (Å²) in [5.41, 5.74) is 3.32. The first-order valence-electron chi connectivity index (χ1n) is 6.72. The van der Waals surface area contributed by atoms with E-state index in [1.54, 1.807) is 6.20 Å². The van der Waals surface area contributed by atoms with Crippen molar-refractivity contribution in [3.8, 4) is 0 Å². The van der Waals surface area contributed by atoms with Gasteiger partial charge in [-0.25, -0.2) is 0 Å². The number of benzene rings is 1. The third-order valence-electron chi connectivity index (χ3n) is 3.79. The third kappa shape index (κ3) is 2.61. The molecule has 2 heterocycles. The maximum absolute atomic E-state index is 9.15. The molecule has 1 saturated heterocycles. The lowest BCUT2D eigenvalue weighted by Gasteiger charge is -2.19. The summed E-state index contributed by atoms with van der Waals surface area (Å²) in [6.45, 7) is 2.11. The molecule has 1 N–H and O–H groups in total. The topological polar surface area (TPSA) is 36.4 Å². The third-order valence-corrected chi connectivity index (χ3v) is 3.79. The number of rotatable bonds is 3. The molecule has 0 saturated carbocycles. The summed E-state index contributed by atoms with van der Waals surface area (Å²) in [7, 11) is 0. The molecule has 1 aromatic carbocycles. The molecule has 0 aliphatic carbocycles. The summed E-state index contributed by atoms with van der Waals surface area (Å²) in [6, 6.07) is 14.7. The Bertz CT molecular complexity index is 541. The monoisotopic (exact) mass is 254 g/mol. The van der Waals surface area contributed by atoms with Gasteiger partial charge in [0.2, 0.25) is 0 Å². The van der Waals surface area contributed by atoms with Gasteiger partial charge in [0.25, 0.3) is 0 Å². The molecule has 3 heteroatoms. The van der Waals surface area contributed by atoms with Crippen LogP contribution in [0.3, 0.4) is 0 Å². The number of anilines is 1. The van der Waals surface area contributed by atoms with Gasteiger partial charge in [0.1, 0.15) is 0 Å². The highest BCUT2D eigenvalue weighted by Crippen LogP contribution is 2.30. The highest BCUT2D eigenvalue weighted by atomic mass is 16.3. The largest absolute Gasteiger partial charge is 0.390 e. The molecule has 0 bridgehead atoms. The zero-order chi connectivity index (χ0) is 13.1. The van der Waals surface area contributed by atoms with Crippen molar-refractivity contribution in [2.75, 3.05) is 18.0 Å². The minimum atomic E-state index is 0.00376. The maximum atomic E-state index is 9.15. The zero-order valence-electron chi connectivity index (χ0n) is 10.9. The second-order valence-corrected chi connectivity index (χ2v) is 5.01. The van der Waals surface area contributed by atoms with Crippen molar-refractivity contribution in [2.45, 2.75) is 18.9 Å². The number of aromatic nitrogens is 1. The van der Waals surface area contributed by atoms with E-state index in [0.717, 1.165) is 24.5 Å². The van der Waals surface area contributed by atoms with Crippen LogP contribution in [0.5, 0.6) is 0 Å². The van der Waals surface area contributed by atoms with Crippen LogP contribution < -0.4 is 4.90 Å². The number of aliphatic hydroxyl groups is 1. The van der Waals surface area contributed by atoms with E-state index in [1.807, 2.05) is 12.1 Å². The van der Waals surface area contributed by atoms with Crippen molar-refractivity contribution in [3.05, 3.63) is 59.9 Å². The van der Waals surface area contributed by atoms with Gasteiger partial charge >= 0.3 is 0 Å². The first kappa shape index (κ1) is 12.2. The van der Waals surface area contributed by atoms with Crippen LogP contribution in [0, 0.1) is 0 Å². The van der Waals surface area contributed by atoms with E-state index < -0.39 is 0 Å². The summed E-state index contributed by atoms with van der Waals surface area (Å²) in [6.07, 6.45) is 2.96. The lowest BCUT2D eigenvalue weighted by Crippen LogP contribution is -2.19. The van der Waals surface area contributed by atoms with Crippen LogP contribution in [0.4, 0.5) is 5.69 Å². The van der Waals surface area contributed by atoms with E-state index in [9.17, 15) is 0 Å². The molecule has 3 rings (SSSR count). The van der Waals surface area contributed by atoms with Crippen LogP contribution in [0.1, 0.15) is 23.6 Å². The molecule has 98 valence electrons. The van der Waals surface area contributed by atoms with Gasteiger partial charge in [-0.3, -0.25) is 4.98 Å². The van der Waals surface area contributed by atoms with Gasteiger partial charge in [-0.05, 0) is 24.1 Å². The molecule has 0 spiro atoms. The Labute approximate surface area is 113 Å². The molecule has 1 aliphatic rings. The predicted octanol–water partition coefficient (Wildman–Crippen LogP) is 2.57. The molecule has 2 aromatic rings. The average molecular weight is 254 g/mol. The lowest BCUT2D eigenvalue weighted by molar-refractivity contribution is 0.277. The second kappa shape index (κ2) is 5.41. The van der Waals surface area contributed by atoms with Gasteiger partial charge in [0.05, 0.1) is 12.3 Å². The van der Waals surface area contributed by atoms with Gasteiger partial charge in [-0.2, -0.15) is 0 Å². The first-order chi connectivity index (χ1) is 9.36. The Hall–Kier alpha value is -1.87. The van der Waals surface area contributed by atoms with Gasteiger partial charge in [0.15, 0.2) is 0 Å². The summed E-state index contributed by atoms with van der Waals surface area (Å²) in [5, 5.41) is 9.15. The van der Waals surface area contributed by atoms with Crippen molar-refractivity contribution in [3.63, 3.8) is 0 Å². The average Bonchev–Trinajstić information content (AvgIpc) is 2.98. The van der Waals surface area contributed by atoms with E-state index >= 15 is 0 Å². The summed E-state index contributed by atoms with van der Waals surface area (Å²) in [4.78, 5) is 6.50. The lowest BCUT2D eigenvalue weighted by atomic mass is 9.99. The number of hydrogen-bond acceptors (Lipinski definition) is 3. The molecule has 1 atom stereocenters. The molecule has 3 nitrogen and oxygen atoms in total. The normalized spacial score (nSPS) is 18.8. The number of aliphatic hydroxyl groups excluding tert-OH is 1. The number of nitrogens with zero attached hydrogens (tertiary/aromatic N) is 2. The summed E-state index contributed by atoms with van der Waals surface area (Å²) >= 11 is 0. The van der Waals surface area contributed by atoms with E-state index in [4.69, 9.17) is 5.11 Å². The summed E-state index contributed by atoms with van der Waals surface area (Å²) in [5.74, 6) is 0.604. The van der Waals surface area contributed by atoms with E-state index in [0.29, 0.717) is 5.92 Å². The molecule has 1 fully saturated rings. The molecular weight excluding hydrogens is 236 g/mol. The van der Waals surface area contributed by atoms with E-state index in [1.165, 1.54) is 12.0 Å². The predicted molar refractivity (Wildman–Crippen MR) is 76.2 cm³/mol. The Morgan fingerprint density at radius 2 is 2.05 bits per heavy atom. The first-order valence-corrected chi connectivity index (χ1v) is 6.72. The van der Waals surface area contributed by atoms with Crippen molar-refractivity contribution in [2.24, 2.45) is 0 Å². The van der Waals surface area contributed by atoms with Crippen molar-refractivity contribution >= 4 is 5.69 Å². The number of hydrogen-bond donors (Lipinski definition) is 1. The Morgan fingerprint density at radius 1 is 1.21 bits per heavy atom. The van der Waals surface area contributed by atoms with E-state index in [-0.39, 0.29) is 6.61 Å². The molecule has 0 radical (unpaired) electrons. The van der Waals surface area contributed by atoms with Crippen LogP contribution in [-0.4, -0.2) is 23.2 Å². The number of pyridine rings is 1. The molecular formula is C16H18N2O. The SMILES string of the molecule is OCc1cc(N2CCC(c3ccccc3)C2)ccn1. The highest BCUT2D eigenvalue weighted by Gasteiger charge is 2.23. The minimum absolute atomic E-state index is 0.00376. The van der Waals surface area contributed by atoms with Gasteiger partial charge in [-0.1, -0.05) is 30.3 Å². The Balaban J connectivity index is 1.75. The fraction of sp³-hybridized carbons (Fsp3) is 0.312. The van der Waals surface area contributed by atoms with Crippen LogP contribution in [0.15, 0.2) is 48.7 Å². The van der Waals surface area contributed by atoms with Crippen LogP contribution in [0.25, 0.3) is 0 Å². The summed E-state index contributed by atoms with van der Waals surface area (Å²) < 4.78 is 0. The molecule has 1 unspecified atom stereocenters. The zero-order valence-corrected chi connectivity index (χ0v) is 10.9. The molecule has 0 amide bonds. The second-order valence-electron chi connectivity index (χ2n) is 5.01. The van der Waals surface area contributed by atoms with Gasteiger partial charge in [0, 0.05) is 30.9 Å². The van der Waals surface area contributed by atoms with Gasteiger partial charge in [-0.15, -0.1) is 0 Å². The van der Waals surface area contributed by atoms with Crippen LogP contribution in [-0.2, 0) is 6.61 Å². The minimum Gasteiger partial charge on any atom is -0.390 e. The molecule has 19 heavy (non-hydrogen) atoms. The Kier molecular flexibility index (Phi) is 3.47. The van der Waals surface area contributed by atoms with E-state index in [2.05, 4.69) is 40.2 Å².